The van der Waals surface area contributed by atoms with Gasteiger partial charge in [0.25, 0.3) is 5.69 Å². The van der Waals surface area contributed by atoms with Gasteiger partial charge in [0.15, 0.2) is 0 Å². The number of hydrogen-bond acceptors (Lipinski definition) is 5. The van der Waals surface area contributed by atoms with E-state index in [1.807, 2.05) is 6.92 Å². The molecule has 8 heteroatoms. The van der Waals surface area contributed by atoms with E-state index in [9.17, 15) is 14.9 Å². The van der Waals surface area contributed by atoms with Crippen LogP contribution in [0.1, 0.15) is 6.92 Å². The summed E-state index contributed by atoms with van der Waals surface area (Å²) >= 11 is 5.96. The zero-order chi connectivity index (χ0) is 15.4. The minimum absolute atomic E-state index is 0.0457. The predicted molar refractivity (Wildman–Crippen MR) is 80.8 cm³/mol. The molecule has 0 aliphatic carbocycles. The number of benzene rings is 1. The van der Waals surface area contributed by atoms with Crippen molar-refractivity contribution in [1.82, 2.24) is 10.6 Å². The molecule has 1 unspecified atom stereocenters. The number of hydrogen-bond donors (Lipinski definition) is 2. The fraction of sp³-hybridized carbons (Fsp3) is 0.462. The molecule has 1 fully saturated rings. The molecule has 1 aliphatic rings. The highest BCUT2D eigenvalue weighted by molar-refractivity contribution is 6.31. The Hall–Kier alpha value is -1.86. The summed E-state index contributed by atoms with van der Waals surface area (Å²) in [5, 5.41) is 17.5. The van der Waals surface area contributed by atoms with Crippen LogP contribution in [0.25, 0.3) is 0 Å². The van der Waals surface area contributed by atoms with Gasteiger partial charge in [-0.25, -0.2) is 0 Å². The fourth-order valence-electron chi connectivity index (χ4n) is 2.40. The minimum atomic E-state index is -0.490. The Balaban J connectivity index is 2.39. The van der Waals surface area contributed by atoms with Crippen molar-refractivity contribution in [3.05, 3.63) is 33.3 Å². The summed E-state index contributed by atoms with van der Waals surface area (Å²) in [6.07, 6.45) is 0. The topological polar surface area (TPSA) is 87.5 Å². The molecule has 1 aliphatic heterocycles. The first-order chi connectivity index (χ1) is 10.0. The standard InChI is InChI=1S/C13H17ClN4O3/c1-2-16-13(19)12-8-15-5-6-17(12)11-7-9(14)3-4-10(11)18(20)21/h3-4,7,12,15H,2,5-6,8H2,1H3,(H,16,19). The van der Waals surface area contributed by atoms with Crippen LogP contribution in [0.4, 0.5) is 11.4 Å². The first-order valence-corrected chi connectivity index (χ1v) is 7.11. The average Bonchev–Trinajstić information content (AvgIpc) is 2.47. The lowest BCUT2D eigenvalue weighted by atomic mass is 10.1. The van der Waals surface area contributed by atoms with Crippen LogP contribution in [-0.4, -0.2) is 43.1 Å². The van der Waals surface area contributed by atoms with E-state index in [4.69, 9.17) is 11.6 Å². The second kappa shape index (κ2) is 6.73. The Morgan fingerprint density at radius 3 is 3.05 bits per heavy atom. The molecule has 1 heterocycles. The van der Waals surface area contributed by atoms with Crippen LogP contribution < -0.4 is 15.5 Å². The third-order valence-electron chi connectivity index (χ3n) is 3.34. The number of carbonyl (C=O) groups excluding carboxylic acids is 1. The smallest absolute Gasteiger partial charge is 0.292 e. The zero-order valence-corrected chi connectivity index (χ0v) is 12.4. The van der Waals surface area contributed by atoms with Gasteiger partial charge >= 0.3 is 0 Å². The molecule has 0 radical (unpaired) electrons. The summed E-state index contributed by atoms with van der Waals surface area (Å²) in [5.41, 5.74) is 0.334. The predicted octanol–water partition coefficient (Wildman–Crippen LogP) is 1.16. The summed E-state index contributed by atoms with van der Waals surface area (Å²) in [4.78, 5) is 24.6. The van der Waals surface area contributed by atoms with Gasteiger partial charge in [0.2, 0.25) is 5.91 Å². The first-order valence-electron chi connectivity index (χ1n) is 6.73. The highest BCUT2D eigenvalue weighted by atomic mass is 35.5. The molecule has 0 saturated carbocycles. The second-order valence-corrected chi connectivity index (χ2v) is 5.13. The van der Waals surface area contributed by atoms with E-state index in [1.54, 1.807) is 4.90 Å². The SMILES string of the molecule is CCNC(=O)C1CNCCN1c1cc(Cl)ccc1[N+](=O)[O-]. The minimum Gasteiger partial charge on any atom is -0.355 e. The second-order valence-electron chi connectivity index (χ2n) is 4.70. The van der Waals surface area contributed by atoms with Crippen LogP contribution in [0.5, 0.6) is 0 Å². The number of piperazine rings is 1. The van der Waals surface area contributed by atoms with Gasteiger partial charge < -0.3 is 15.5 Å². The lowest BCUT2D eigenvalue weighted by Crippen LogP contribution is -2.58. The molecule has 1 aromatic rings. The van der Waals surface area contributed by atoms with Crippen molar-refractivity contribution in [2.75, 3.05) is 31.1 Å². The summed E-state index contributed by atoms with van der Waals surface area (Å²) in [7, 11) is 0. The quantitative estimate of drug-likeness (QED) is 0.643. The third-order valence-corrected chi connectivity index (χ3v) is 3.58. The molecule has 114 valence electrons. The van der Waals surface area contributed by atoms with Gasteiger partial charge in [-0.2, -0.15) is 0 Å². The van der Waals surface area contributed by atoms with E-state index in [-0.39, 0.29) is 11.6 Å². The van der Waals surface area contributed by atoms with E-state index in [2.05, 4.69) is 10.6 Å². The van der Waals surface area contributed by atoms with Crippen LogP contribution in [0.2, 0.25) is 5.02 Å². The van der Waals surface area contributed by atoms with Crippen LogP contribution in [-0.2, 0) is 4.79 Å². The van der Waals surface area contributed by atoms with Crippen molar-refractivity contribution >= 4 is 28.9 Å². The van der Waals surface area contributed by atoms with Crippen molar-refractivity contribution < 1.29 is 9.72 Å². The monoisotopic (exact) mass is 312 g/mol. The van der Waals surface area contributed by atoms with E-state index >= 15 is 0 Å². The molecule has 2 rings (SSSR count). The van der Waals surface area contributed by atoms with Crippen molar-refractivity contribution in [3.8, 4) is 0 Å². The third kappa shape index (κ3) is 3.43. The van der Waals surface area contributed by atoms with Gasteiger partial charge in [0.1, 0.15) is 11.7 Å². The zero-order valence-electron chi connectivity index (χ0n) is 11.6. The van der Waals surface area contributed by atoms with Crippen molar-refractivity contribution in [2.45, 2.75) is 13.0 Å². The largest absolute Gasteiger partial charge is 0.355 e. The van der Waals surface area contributed by atoms with Crippen LogP contribution in [0.3, 0.4) is 0 Å². The normalized spacial score (nSPS) is 18.4. The number of nitrogens with zero attached hydrogens (tertiary/aromatic N) is 2. The lowest BCUT2D eigenvalue weighted by molar-refractivity contribution is -0.384. The number of likely N-dealkylation sites (N-methyl/N-ethyl adjacent to an activating group) is 1. The molecule has 1 atom stereocenters. The summed E-state index contributed by atoms with van der Waals surface area (Å²) in [6.45, 7) is 3.94. The highest BCUT2D eigenvalue weighted by Gasteiger charge is 2.32. The maximum Gasteiger partial charge on any atom is 0.292 e. The Bertz CT molecular complexity index is 552. The molecule has 2 N–H and O–H groups in total. The number of nitro groups is 1. The summed E-state index contributed by atoms with van der Waals surface area (Å²) < 4.78 is 0. The van der Waals surface area contributed by atoms with Crippen molar-refractivity contribution in [2.24, 2.45) is 0 Å². The van der Waals surface area contributed by atoms with E-state index in [0.717, 1.165) is 0 Å². The molecule has 0 spiro atoms. The Labute approximate surface area is 127 Å². The van der Waals surface area contributed by atoms with Crippen LogP contribution >= 0.6 is 11.6 Å². The van der Waals surface area contributed by atoms with E-state index in [0.29, 0.717) is 36.9 Å². The molecule has 21 heavy (non-hydrogen) atoms. The van der Waals surface area contributed by atoms with Gasteiger partial charge in [0, 0.05) is 37.3 Å². The maximum absolute atomic E-state index is 12.2. The highest BCUT2D eigenvalue weighted by Crippen LogP contribution is 2.32. The Morgan fingerprint density at radius 2 is 2.38 bits per heavy atom. The summed E-state index contributed by atoms with van der Waals surface area (Å²) in [6, 6.07) is 3.90. The number of anilines is 1. The molecule has 1 saturated heterocycles. The van der Waals surface area contributed by atoms with Gasteiger partial charge in [0.05, 0.1) is 4.92 Å². The van der Waals surface area contributed by atoms with E-state index in [1.165, 1.54) is 18.2 Å². The van der Waals surface area contributed by atoms with Gasteiger partial charge in [-0.3, -0.25) is 14.9 Å². The maximum atomic E-state index is 12.2. The van der Waals surface area contributed by atoms with Gasteiger partial charge in [-0.1, -0.05) is 11.6 Å². The first kappa shape index (κ1) is 15.5. The van der Waals surface area contributed by atoms with Crippen LogP contribution in [0, 0.1) is 10.1 Å². The number of amides is 1. The number of rotatable bonds is 4. The molecule has 0 aromatic heterocycles. The van der Waals surface area contributed by atoms with Crippen LogP contribution in [0.15, 0.2) is 18.2 Å². The lowest BCUT2D eigenvalue weighted by Gasteiger charge is -2.36. The summed E-state index contributed by atoms with van der Waals surface area (Å²) in [5.74, 6) is -0.154. The molecule has 1 amide bonds. The Morgan fingerprint density at radius 1 is 1.62 bits per heavy atom. The molecular weight excluding hydrogens is 296 g/mol. The number of nitrogens with one attached hydrogen (secondary N) is 2. The van der Waals surface area contributed by atoms with Crippen molar-refractivity contribution in [1.29, 1.82) is 0 Å². The van der Waals surface area contributed by atoms with Gasteiger partial charge in [-0.05, 0) is 19.1 Å². The molecule has 7 nitrogen and oxygen atoms in total. The molecule has 1 aromatic carbocycles. The molecular formula is C13H17ClN4O3. The van der Waals surface area contributed by atoms with Gasteiger partial charge in [-0.15, -0.1) is 0 Å². The van der Waals surface area contributed by atoms with E-state index < -0.39 is 11.0 Å². The number of nitro benzene ring substituents is 1. The average molecular weight is 313 g/mol. The van der Waals surface area contributed by atoms with Crippen molar-refractivity contribution in [3.63, 3.8) is 0 Å². The number of carbonyl (C=O) groups is 1. The molecule has 0 bridgehead atoms. The fourth-order valence-corrected chi connectivity index (χ4v) is 2.57. The number of halogens is 1. The Kier molecular flexibility index (Phi) is 4.98.